The molecule has 0 amide bonds. The van der Waals surface area contributed by atoms with Gasteiger partial charge in [0.15, 0.2) is 0 Å². The fourth-order valence-electron chi connectivity index (χ4n) is 7.64. The van der Waals surface area contributed by atoms with Crippen molar-refractivity contribution in [3.05, 3.63) is 179 Å². The third-order valence-electron chi connectivity index (χ3n) is 10.6. The van der Waals surface area contributed by atoms with Gasteiger partial charge >= 0.3 is 17.8 Å². The number of allylic oxidation sites excluding steroid dienone is 2. The lowest BCUT2D eigenvalue weighted by atomic mass is 9.94. The Morgan fingerprint density at radius 1 is 0.373 bits per heavy atom. The monoisotopic (exact) mass is 826 g/mol. The third-order valence-corrected chi connectivity index (χ3v) is 12.6. The average molecular weight is 827 g/mol. The van der Waals surface area contributed by atoms with Gasteiger partial charge in [-0.1, -0.05) is 146 Å². The van der Waals surface area contributed by atoms with E-state index in [0.717, 1.165) is 56.1 Å². The molecule has 10 heteroatoms. The molecule has 0 N–H and O–H groups in total. The van der Waals surface area contributed by atoms with Crippen molar-refractivity contribution in [2.75, 3.05) is 0 Å². The molecular formula is C49H32F6N2S2. The molecule has 0 spiro atoms. The summed E-state index contributed by atoms with van der Waals surface area (Å²) in [5, 5.41) is 0.442. The van der Waals surface area contributed by atoms with Gasteiger partial charge in [0.1, 0.15) is 10.0 Å². The fourth-order valence-corrected chi connectivity index (χ4v) is 9.56. The Morgan fingerprint density at radius 3 is 1.03 bits per heavy atom. The lowest BCUT2D eigenvalue weighted by molar-refractivity contribution is -0.254. The van der Waals surface area contributed by atoms with Crippen LogP contribution in [0, 0.1) is 13.8 Å². The molecule has 2 heterocycles. The molecule has 0 atom stereocenters. The smallest absolute Gasteiger partial charge is 0.236 e. The van der Waals surface area contributed by atoms with E-state index in [1.54, 1.807) is 12.1 Å². The maximum atomic E-state index is 16.3. The van der Waals surface area contributed by atoms with Gasteiger partial charge in [-0.15, -0.1) is 22.7 Å². The number of nitrogens with zero attached hydrogens (tertiary/aromatic N) is 2. The van der Waals surface area contributed by atoms with E-state index in [9.17, 15) is 0 Å². The highest BCUT2D eigenvalue weighted by Gasteiger charge is 2.81. The van der Waals surface area contributed by atoms with Crippen molar-refractivity contribution in [1.29, 1.82) is 0 Å². The highest BCUT2D eigenvalue weighted by atomic mass is 32.1. The molecule has 1 aliphatic rings. The number of rotatable bonds is 8. The predicted molar refractivity (Wildman–Crippen MR) is 228 cm³/mol. The first-order valence-electron chi connectivity index (χ1n) is 18.7. The number of aromatic nitrogens is 2. The quantitative estimate of drug-likeness (QED) is 0.143. The number of alkyl halides is 6. The van der Waals surface area contributed by atoms with Gasteiger partial charge in [0.2, 0.25) is 0 Å². The number of hydrogen-bond donors (Lipinski definition) is 0. The van der Waals surface area contributed by atoms with Crippen LogP contribution in [-0.2, 0) is 0 Å². The zero-order chi connectivity index (χ0) is 41.1. The van der Waals surface area contributed by atoms with Gasteiger partial charge < -0.3 is 0 Å². The molecular weight excluding hydrogens is 795 g/mol. The first-order valence-corrected chi connectivity index (χ1v) is 20.3. The van der Waals surface area contributed by atoms with E-state index in [-0.39, 0.29) is 19.8 Å². The van der Waals surface area contributed by atoms with Gasteiger partial charge in [-0.3, -0.25) is 0 Å². The van der Waals surface area contributed by atoms with Crippen molar-refractivity contribution in [3.63, 3.8) is 0 Å². The average Bonchev–Trinajstić information content (AvgIpc) is 3.86. The summed E-state index contributed by atoms with van der Waals surface area (Å²) >= 11 is 1.96. The van der Waals surface area contributed by atoms with Gasteiger partial charge in [0.25, 0.3) is 0 Å². The van der Waals surface area contributed by atoms with Crippen LogP contribution in [0.4, 0.5) is 26.3 Å². The number of thiazole rings is 2. The lowest BCUT2D eigenvalue weighted by Crippen LogP contribution is -2.49. The minimum absolute atomic E-state index is 0.0859. The van der Waals surface area contributed by atoms with E-state index >= 15 is 26.3 Å². The first kappa shape index (κ1) is 38.4. The van der Waals surface area contributed by atoms with Gasteiger partial charge in [-0.25, -0.2) is 9.97 Å². The SMILES string of the molecule is Cc1sc(-c2ccc(-c3ccccc3)cc2-c2ccccc2)nc1C1=C(c2nc(-c3ccc(-c4ccccc4)cc3-c3ccccc3)sc2C)C(F)(F)C(F)(F)C1(F)F. The van der Waals surface area contributed by atoms with Crippen molar-refractivity contribution in [3.8, 4) is 65.6 Å². The second-order valence-corrected chi connectivity index (χ2v) is 16.7. The minimum Gasteiger partial charge on any atom is -0.236 e. The van der Waals surface area contributed by atoms with Crippen molar-refractivity contribution >= 4 is 33.8 Å². The standard InChI is InChI=1S/C49H32F6N2S2/c1-29-43(56-45(58-29)37-25-23-35(31-15-7-3-8-16-31)27-39(37)33-19-11-5-12-20-33)41-42(48(52,53)49(54,55)47(41,50)51)44-30(2)59-46(57-44)38-26-24-36(32-17-9-4-10-18-32)28-40(38)34-21-13-6-14-22-34/h3-28H,1-2H3. The Morgan fingerprint density at radius 2 is 0.695 bits per heavy atom. The number of benzene rings is 6. The summed E-state index contributed by atoms with van der Waals surface area (Å²) in [6, 6.07) is 49.2. The zero-order valence-electron chi connectivity index (χ0n) is 31.5. The van der Waals surface area contributed by atoms with Crippen LogP contribution in [0.2, 0.25) is 0 Å². The topological polar surface area (TPSA) is 25.8 Å². The van der Waals surface area contributed by atoms with Crippen LogP contribution in [0.15, 0.2) is 158 Å². The normalized spacial score (nSPS) is 15.5. The number of aryl methyl sites for hydroxylation is 2. The Hall–Kier alpha value is -6.10. The van der Waals surface area contributed by atoms with Crippen LogP contribution in [0.1, 0.15) is 21.1 Å². The van der Waals surface area contributed by atoms with E-state index in [0.29, 0.717) is 22.3 Å². The lowest BCUT2D eigenvalue weighted by Gasteiger charge is -2.25. The van der Waals surface area contributed by atoms with Crippen molar-refractivity contribution < 1.29 is 26.3 Å². The zero-order valence-corrected chi connectivity index (χ0v) is 33.1. The minimum atomic E-state index is -5.77. The van der Waals surface area contributed by atoms with Crippen molar-refractivity contribution in [2.45, 2.75) is 31.6 Å². The Balaban J connectivity index is 1.22. The Kier molecular flexibility index (Phi) is 9.52. The molecule has 0 saturated carbocycles. The van der Waals surface area contributed by atoms with Crippen LogP contribution in [0.3, 0.4) is 0 Å². The molecule has 6 aromatic carbocycles. The van der Waals surface area contributed by atoms with E-state index in [1.165, 1.54) is 13.8 Å². The molecule has 0 radical (unpaired) electrons. The molecule has 292 valence electrons. The summed E-state index contributed by atoms with van der Waals surface area (Å²) < 4.78 is 96.5. The van der Waals surface area contributed by atoms with Crippen LogP contribution in [0.5, 0.6) is 0 Å². The summed E-state index contributed by atoms with van der Waals surface area (Å²) in [5.74, 6) is -16.3. The molecule has 9 rings (SSSR count). The molecule has 1 aliphatic carbocycles. The number of halogens is 6. The van der Waals surface area contributed by atoms with Gasteiger partial charge in [0, 0.05) is 20.9 Å². The van der Waals surface area contributed by atoms with Gasteiger partial charge in [0.05, 0.1) is 22.5 Å². The maximum absolute atomic E-state index is 16.3. The number of hydrogen-bond acceptors (Lipinski definition) is 4. The van der Waals surface area contributed by atoms with E-state index in [2.05, 4.69) is 9.97 Å². The largest absolute Gasteiger partial charge is 0.380 e. The van der Waals surface area contributed by atoms with Gasteiger partial charge in [-0.05, 0) is 70.5 Å². The molecule has 0 aliphatic heterocycles. The van der Waals surface area contributed by atoms with E-state index in [1.807, 2.05) is 146 Å². The van der Waals surface area contributed by atoms with Crippen LogP contribution < -0.4 is 0 Å². The molecule has 59 heavy (non-hydrogen) atoms. The summed E-state index contributed by atoms with van der Waals surface area (Å²) in [7, 11) is 0. The second-order valence-electron chi connectivity index (χ2n) is 14.3. The van der Waals surface area contributed by atoms with Crippen LogP contribution in [0.25, 0.3) is 76.8 Å². The fraction of sp³-hybridized carbons (Fsp3) is 0.102. The molecule has 0 saturated heterocycles. The molecule has 8 aromatic rings. The molecule has 2 aromatic heterocycles. The first-order chi connectivity index (χ1) is 28.4. The Labute approximate surface area is 344 Å². The predicted octanol–water partition coefficient (Wildman–Crippen LogP) is 15.0. The Bertz CT molecular complexity index is 2670. The summed E-state index contributed by atoms with van der Waals surface area (Å²) in [6.45, 7) is 2.87. The highest BCUT2D eigenvalue weighted by Crippen LogP contribution is 2.65. The second kappa shape index (κ2) is 14.6. The summed E-state index contributed by atoms with van der Waals surface area (Å²) in [4.78, 5) is 9.23. The van der Waals surface area contributed by atoms with Crippen molar-refractivity contribution in [1.82, 2.24) is 9.97 Å². The summed E-state index contributed by atoms with van der Waals surface area (Å²) in [5.41, 5.74) is 3.50. The van der Waals surface area contributed by atoms with Crippen molar-refractivity contribution in [2.24, 2.45) is 0 Å². The maximum Gasteiger partial charge on any atom is 0.380 e. The van der Waals surface area contributed by atoms with Gasteiger partial charge in [-0.2, -0.15) is 26.3 Å². The van der Waals surface area contributed by atoms with E-state index < -0.39 is 40.3 Å². The highest BCUT2D eigenvalue weighted by molar-refractivity contribution is 7.15. The molecule has 0 bridgehead atoms. The summed E-state index contributed by atoms with van der Waals surface area (Å²) in [6.07, 6.45) is 0. The molecule has 2 nitrogen and oxygen atoms in total. The third kappa shape index (κ3) is 6.42. The van der Waals surface area contributed by atoms with Crippen LogP contribution >= 0.6 is 22.7 Å². The van der Waals surface area contributed by atoms with Crippen LogP contribution in [-0.4, -0.2) is 27.7 Å². The molecule has 0 fully saturated rings. The molecule has 0 unspecified atom stereocenters. The van der Waals surface area contributed by atoms with E-state index in [4.69, 9.17) is 0 Å².